The van der Waals surface area contributed by atoms with Crippen molar-refractivity contribution in [3.63, 3.8) is 0 Å². The van der Waals surface area contributed by atoms with Crippen molar-refractivity contribution in [1.82, 2.24) is 0 Å². The Morgan fingerprint density at radius 1 is 1.42 bits per heavy atom. The maximum absolute atomic E-state index is 11.8. The van der Waals surface area contributed by atoms with Gasteiger partial charge >= 0.3 is 5.97 Å². The smallest absolute Gasteiger partial charge is 0.321 e. The Kier molecular flexibility index (Phi) is 5.78. The third-order valence-corrected chi connectivity index (χ3v) is 4.15. The number of nitrogens with two attached hydrogens (primary N) is 1. The summed E-state index contributed by atoms with van der Waals surface area (Å²) in [5, 5.41) is 0.329. The molecule has 0 aliphatic rings. The summed E-state index contributed by atoms with van der Waals surface area (Å²) in [6.07, 6.45) is 0. The van der Waals surface area contributed by atoms with Gasteiger partial charge in [-0.2, -0.15) is 0 Å². The van der Waals surface area contributed by atoms with Crippen LogP contribution in [-0.2, 0) is 31.7 Å². The lowest BCUT2D eigenvalue weighted by molar-refractivity contribution is -0.139. The van der Waals surface area contributed by atoms with E-state index in [1.54, 1.807) is 25.1 Å². The molecular formula is C12H16ClNO4S. The zero-order valence-corrected chi connectivity index (χ0v) is 12.1. The molecule has 0 bridgehead atoms. The molecule has 106 valence electrons. The number of ether oxygens (including phenoxy) is 1. The zero-order chi connectivity index (χ0) is 14.5. The van der Waals surface area contributed by atoms with Gasteiger partial charge in [0.05, 0.1) is 12.4 Å². The molecule has 0 atom stereocenters. The predicted molar refractivity (Wildman–Crippen MR) is 73.5 cm³/mol. The lowest BCUT2D eigenvalue weighted by atomic mass is 10.1. The molecule has 0 radical (unpaired) electrons. The Morgan fingerprint density at radius 3 is 2.63 bits per heavy atom. The number of benzene rings is 1. The van der Waals surface area contributed by atoms with Gasteiger partial charge in [0.1, 0.15) is 5.75 Å². The number of rotatable bonds is 6. The van der Waals surface area contributed by atoms with Gasteiger partial charge in [-0.1, -0.05) is 23.7 Å². The number of carbonyl (C=O) groups excluding carboxylic acids is 1. The standard InChI is InChI=1S/C12H16ClNO4S/c1-2-18-12(15)8-19(16,17)7-10-4-3-9(6-14)5-11(10)13/h3-5H,2,6-8,14H2,1H3. The molecule has 1 aromatic carbocycles. The van der Waals surface area contributed by atoms with Crippen LogP contribution in [0.5, 0.6) is 0 Å². The Hall–Kier alpha value is -1.11. The molecule has 0 spiro atoms. The zero-order valence-electron chi connectivity index (χ0n) is 10.6. The quantitative estimate of drug-likeness (QED) is 0.800. The number of esters is 1. The van der Waals surface area contributed by atoms with Crippen molar-refractivity contribution in [2.24, 2.45) is 5.73 Å². The molecule has 0 heterocycles. The summed E-state index contributed by atoms with van der Waals surface area (Å²) in [4.78, 5) is 11.2. The van der Waals surface area contributed by atoms with Crippen LogP contribution in [0.3, 0.4) is 0 Å². The molecule has 2 N–H and O–H groups in total. The van der Waals surface area contributed by atoms with E-state index in [-0.39, 0.29) is 12.4 Å². The first-order chi connectivity index (χ1) is 8.88. The molecule has 0 aromatic heterocycles. The number of sulfone groups is 1. The number of hydrogen-bond donors (Lipinski definition) is 1. The third kappa shape index (κ3) is 5.18. The molecule has 0 unspecified atom stereocenters. The molecular weight excluding hydrogens is 290 g/mol. The first-order valence-corrected chi connectivity index (χ1v) is 7.91. The predicted octanol–water partition coefficient (Wildman–Crippen LogP) is 1.28. The number of carbonyl (C=O) groups is 1. The van der Waals surface area contributed by atoms with Crippen LogP contribution in [0, 0.1) is 0 Å². The van der Waals surface area contributed by atoms with Gasteiger partial charge < -0.3 is 10.5 Å². The molecule has 0 aliphatic heterocycles. The van der Waals surface area contributed by atoms with E-state index in [9.17, 15) is 13.2 Å². The third-order valence-electron chi connectivity index (χ3n) is 2.37. The molecule has 19 heavy (non-hydrogen) atoms. The van der Waals surface area contributed by atoms with E-state index >= 15 is 0 Å². The average Bonchev–Trinajstić information content (AvgIpc) is 2.31. The van der Waals surface area contributed by atoms with Crippen molar-refractivity contribution >= 4 is 27.4 Å². The van der Waals surface area contributed by atoms with Crippen LogP contribution in [0.2, 0.25) is 5.02 Å². The van der Waals surface area contributed by atoms with Crippen molar-refractivity contribution in [3.8, 4) is 0 Å². The first kappa shape index (κ1) is 15.9. The summed E-state index contributed by atoms with van der Waals surface area (Å²) >= 11 is 5.98. The van der Waals surface area contributed by atoms with Crippen LogP contribution >= 0.6 is 11.6 Å². The normalized spacial score (nSPS) is 11.3. The van der Waals surface area contributed by atoms with E-state index in [1.807, 2.05) is 0 Å². The second kappa shape index (κ2) is 6.88. The van der Waals surface area contributed by atoms with Crippen LogP contribution in [0.4, 0.5) is 0 Å². The van der Waals surface area contributed by atoms with E-state index in [4.69, 9.17) is 17.3 Å². The maximum atomic E-state index is 11.8. The van der Waals surface area contributed by atoms with Crippen molar-refractivity contribution in [3.05, 3.63) is 34.3 Å². The highest BCUT2D eigenvalue weighted by Crippen LogP contribution is 2.20. The Morgan fingerprint density at radius 2 is 2.11 bits per heavy atom. The monoisotopic (exact) mass is 305 g/mol. The van der Waals surface area contributed by atoms with Gasteiger partial charge in [-0.05, 0) is 24.1 Å². The Bertz CT molecular complexity index is 557. The van der Waals surface area contributed by atoms with E-state index in [2.05, 4.69) is 4.74 Å². The van der Waals surface area contributed by atoms with Gasteiger partial charge in [-0.3, -0.25) is 4.79 Å². The maximum Gasteiger partial charge on any atom is 0.321 e. The second-order valence-electron chi connectivity index (χ2n) is 3.97. The highest BCUT2D eigenvalue weighted by Gasteiger charge is 2.19. The summed E-state index contributed by atoms with van der Waals surface area (Å²) in [5.41, 5.74) is 6.72. The molecule has 0 amide bonds. The fourth-order valence-corrected chi connectivity index (χ4v) is 3.12. The highest BCUT2D eigenvalue weighted by atomic mass is 35.5. The summed E-state index contributed by atoms with van der Waals surface area (Å²) in [5.74, 6) is -1.69. The minimum Gasteiger partial charge on any atom is -0.465 e. The van der Waals surface area contributed by atoms with Gasteiger partial charge in [-0.15, -0.1) is 0 Å². The lowest BCUT2D eigenvalue weighted by Gasteiger charge is -2.07. The van der Waals surface area contributed by atoms with Gasteiger partial charge in [0.15, 0.2) is 9.84 Å². The molecule has 7 heteroatoms. The van der Waals surface area contributed by atoms with Crippen LogP contribution in [0.15, 0.2) is 18.2 Å². The van der Waals surface area contributed by atoms with Crippen molar-refractivity contribution in [2.75, 3.05) is 12.4 Å². The topological polar surface area (TPSA) is 86.5 Å². The summed E-state index contributed by atoms with van der Waals surface area (Å²) < 4.78 is 28.2. The Labute approximate surface area is 117 Å². The van der Waals surface area contributed by atoms with Crippen molar-refractivity contribution in [2.45, 2.75) is 19.2 Å². The SMILES string of the molecule is CCOC(=O)CS(=O)(=O)Cc1ccc(CN)cc1Cl. The summed E-state index contributed by atoms with van der Waals surface area (Å²) in [6, 6.07) is 4.94. The van der Waals surface area contributed by atoms with Crippen LogP contribution in [-0.4, -0.2) is 26.7 Å². The van der Waals surface area contributed by atoms with Crippen molar-refractivity contribution in [1.29, 1.82) is 0 Å². The van der Waals surface area contributed by atoms with E-state index in [0.29, 0.717) is 17.1 Å². The Balaban J connectivity index is 2.81. The molecule has 0 saturated heterocycles. The molecule has 1 rings (SSSR count). The van der Waals surface area contributed by atoms with Crippen molar-refractivity contribution < 1.29 is 17.9 Å². The van der Waals surface area contributed by atoms with Gasteiger partial charge in [-0.25, -0.2) is 8.42 Å². The average molecular weight is 306 g/mol. The summed E-state index contributed by atoms with van der Waals surface area (Å²) in [7, 11) is -3.59. The molecule has 1 aromatic rings. The van der Waals surface area contributed by atoms with Gasteiger partial charge in [0.25, 0.3) is 0 Å². The van der Waals surface area contributed by atoms with Gasteiger partial charge in [0.2, 0.25) is 0 Å². The fourth-order valence-electron chi connectivity index (χ4n) is 1.51. The van der Waals surface area contributed by atoms with E-state index in [0.717, 1.165) is 5.56 Å². The lowest BCUT2D eigenvalue weighted by Crippen LogP contribution is -2.20. The number of hydrogen-bond acceptors (Lipinski definition) is 5. The van der Waals surface area contributed by atoms with Crippen LogP contribution in [0.1, 0.15) is 18.1 Å². The fraction of sp³-hybridized carbons (Fsp3) is 0.417. The second-order valence-corrected chi connectivity index (χ2v) is 6.44. The first-order valence-electron chi connectivity index (χ1n) is 5.71. The van der Waals surface area contributed by atoms with E-state index in [1.165, 1.54) is 0 Å². The highest BCUT2D eigenvalue weighted by molar-refractivity contribution is 7.91. The van der Waals surface area contributed by atoms with Crippen LogP contribution in [0.25, 0.3) is 0 Å². The minimum atomic E-state index is -3.59. The summed E-state index contributed by atoms with van der Waals surface area (Å²) in [6.45, 7) is 2.10. The largest absolute Gasteiger partial charge is 0.465 e. The molecule has 5 nitrogen and oxygen atoms in total. The minimum absolute atomic E-state index is 0.153. The van der Waals surface area contributed by atoms with E-state index < -0.39 is 21.6 Å². The molecule has 0 aliphatic carbocycles. The molecule has 0 fully saturated rings. The molecule has 0 saturated carbocycles. The number of halogens is 1. The van der Waals surface area contributed by atoms with Crippen LogP contribution < -0.4 is 5.73 Å². The van der Waals surface area contributed by atoms with Gasteiger partial charge in [0, 0.05) is 11.6 Å².